The molecule has 1 amide bonds. The minimum Gasteiger partial charge on any atom is -0.465 e. The second kappa shape index (κ2) is 8.40. The average Bonchev–Trinajstić information content (AvgIpc) is 2.71. The van der Waals surface area contributed by atoms with Gasteiger partial charge in [0.1, 0.15) is 0 Å². The predicted molar refractivity (Wildman–Crippen MR) is 125 cm³/mol. The van der Waals surface area contributed by atoms with Crippen LogP contribution in [0, 0.1) is 16.7 Å². The van der Waals surface area contributed by atoms with Crippen LogP contribution >= 0.6 is 0 Å². The number of hydrogen-bond donors (Lipinski definition) is 2. The highest BCUT2D eigenvalue weighted by atomic mass is 16.4. The highest BCUT2D eigenvalue weighted by Gasteiger charge is 2.60. The lowest BCUT2D eigenvalue weighted by atomic mass is 9.45. The molecule has 1 aromatic carbocycles. The van der Waals surface area contributed by atoms with Crippen LogP contribution in [0.15, 0.2) is 24.3 Å². The number of hydrogen-bond acceptors (Lipinski definition) is 3. The Bertz CT molecular complexity index is 792. The van der Waals surface area contributed by atoms with Gasteiger partial charge in [0.25, 0.3) is 0 Å². The molecular weight excluding hydrogens is 386 g/mol. The molecule has 1 saturated carbocycles. The topological polar surface area (TPSA) is 55.8 Å². The van der Waals surface area contributed by atoms with Crippen LogP contribution < -0.4 is 5.32 Å². The zero-order valence-electron chi connectivity index (χ0n) is 20.0. The number of carbonyl (C=O) groups is 1. The summed E-state index contributed by atoms with van der Waals surface area (Å²) < 4.78 is 0. The Kier molecular flexibility index (Phi) is 6.12. The first-order valence-corrected chi connectivity index (χ1v) is 12.2. The molecule has 0 radical (unpaired) electrons. The third-order valence-electron chi connectivity index (χ3n) is 8.31. The molecule has 3 unspecified atom stereocenters. The molecule has 2 N–H and O–H groups in total. The summed E-state index contributed by atoms with van der Waals surface area (Å²) in [5, 5.41) is 13.1. The van der Waals surface area contributed by atoms with Gasteiger partial charge in [-0.2, -0.15) is 0 Å². The number of likely N-dealkylation sites (tertiary alicyclic amines) is 1. The lowest BCUT2D eigenvalue weighted by Crippen LogP contribution is -2.68. The Morgan fingerprint density at radius 3 is 2.45 bits per heavy atom. The highest BCUT2D eigenvalue weighted by molar-refractivity contribution is 5.65. The van der Waals surface area contributed by atoms with Gasteiger partial charge in [-0.05, 0) is 53.1 Å². The lowest BCUT2D eigenvalue weighted by Gasteiger charge is -2.66. The second-order valence-electron chi connectivity index (χ2n) is 11.5. The number of amides is 1. The van der Waals surface area contributed by atoms with Crippen LogP contribution in [0.25, 0.3) is 0 Å². The van der Waals surface area contributed by atoms with E-state index >= 15 is 0 Å². The van der Waals surface area contributed by atoms with Gasteiger partial charge in [-0.25, -0.2) is 4.79 Å². The minimum atomic E-state index is -0.759. The lowest BCUT2D eigenvalue weighted by molar-refractivity contribution is -0.163. The third kappa shape index (κ3) is 4.11. The van der Waals surface area contributed by atoms with E-state index in [9.17, 15) is 9.90 Å². The fraction of sp³-hybridized carbons (Fsp3) is 0.731. The Morgan fingerprint density at radius 2 is 1.84 bits per heavy atom. The Balaban J connectivity index is 1.61. The smallest absolute Gasteiger partial charge is 0.407 e. The summed E-state index contributed by atoms with van der Waals surface area (Å²) in [6, 6.07) is 10.00. The quantitative estimate of drug-likeness (QED) is 0.717. The van der Waals surface area contributed by atoms with Crippen molar-refractivity contribution in [1.29, 1.82) is 0 Å². The number of carboxylic acid groups (broad SMARTS) is 1. The van der Waals surface area contributed by atoms with Gasteiger partial charge >= 0.3 is 6.09 Å². The zero-order chi connectivity index (χ0) is 22.4. The van der Waals surface area contributed by atoms with Crippen molar-refractivity contribution >= 4 is 6.09 Å². The Labute approximate surface area is 188 Å². The molecule has 1 spiro atoms. The maximum Gasteiger partial charge on any atom is 0.407 e. The first-order chi connectivity index (χ1) is 14.6. The average molecular weight is 428 g/mol. The predicted octanol–water partition coefficient (Wildman–Crippen LogP) is 4.95. The first-order valence-electron chi connectivity index (χ1n) is 12.2. The van der Waals surface area contributed by atoms with Crippen molar-refractivity contribution in [3.8, 4) is 0 Å². The van der Waals surface area contributed by atoms with Crippen molar-refractivity contribution in [2.45, 2.75) is 71.9 Å². The number of nitrogens with one attached hydrogen (secondary N) is 1. The van der Waals surface area contributed by atoms with Crippen LogP contribution in [0.2, 0.25) is 0 Å². The molecule has 3 aliphatic rings. The van der Waals surface area contributed by atoms with Gasteiger partial charge in [0.15, 0.2) is 0 Å². The summed E-state index contributed by atoms with van der Waals surface area (Å²) in [6.45, 7) is 16.3. The van der Waals surface area contributed by atoms with E-state index in [0.717, 1.165) is 32.5 Å². The van der Waals surface area contributed by atoms with Crippen molar-refractivity contribution in [2.75, 3.05) is 32.7 Å². The van der Waals surface area contributed by atoms with E-state index in [2.05, 4.69) is 69.1 Å². The minimum absolute atomic E-state index is 0.210. The number of benzene rings is 1. The molecular formula is C26H41N3O2. The van der Waals surface area contributed by atoms with Gasteiger partial charge in [-0.3, -0.25) is 4.90 Å². The van der Waals surface area contributed by atoms with Crippen LogP contribution in [0.1, 0.15) is 77.0 Å². The van der Waals surface area contributed by atoms with Crippen LogP contribution in [0.5, 0.6) is 0 Å². The summed E-state index contributed by atoms with van der Waals surface area (Å²) in [5.41, 5.74) is 3.46. The normalized spacial score (nSPS) is 29.2. The van der Waals surface area contributed by atoms with E-state index in [1.54, 1.807) is 4.90 Å². The molecule has 3 atom stereocenters. The van der Waals surface area contributed by atoms with E-state index in [0.29, 0.717) is 42.4 Å². The molecule has 2 saturated heterocycles. The fourth-order valence-corrected chi connectivity index (χ4v) is 7.12. The molecule has 1 aromatic rings. The van der Waals surface area contributed by atoms with Crippen molar-refractivity contribution < 1.29 is 9.90 Å². The van der Waals surface area contributed by atoms with Crippen LogP contribution in [-0.2, 0) is 0 Å². The van der Waals surface area contributed by atoms with Crippen LogP contribution in [0.3, 0.4) is 0 Å². The molecule has 1 aliphatic carbocycles. The monoisotopic (exact) mass is 427 g/mol. The van der Waals surface area contributed by atoms with Crippen molar-refractivity contribution in [1.82, 2.24) is 15.1 Å². The molecule has 172 valence electrons. The van der Waals surface area contributed by atoms with E-state index < -0.39 is 6.09 Å². The number of piperazine rings is 1. The Morgan fingerprint density at radius 1 is 1.16 bits per heavy atom. The largest absolute Gasteiger partial charge is 0.465 e. The molecule has 5 nitrogen and oxygen atoms in total. The van der Waals surface area contributed by atoms with Crippen LogP contribution in [0.4, 0.5) is 4.79 Å². The SMILES string of the molecule is CC(C)c1ccccc1C1CNCCN1C1CC2(CCN(C(=O)O)CC2)C1C(C)(C)C. The molecule has 4 rings (SSSR count). The van der Waals surface area contributed by atoms with Crippen molar-refractivity contribution in [3.05, 3.63) is 35.4 Å². The molecule has 3 fully saturated rings. The van der Waals surface area contributed by atoms with Gasteiger partial charge in [-0.15, -0.1) is 0 Å². The van der Waals surface area contributed by atoms with Gasteiger partial charge in [0.2, 0.25) is 0 Å². The maximum atomic E-state index is 11.5. The van der Waals surface area contributed by atoms with E-state index in [1.165, 1.54) is 17.5 Å². The molecule has 0 aromatic heterocycles. The number of piperidine rings is 1. The van der Waals surface area contributed by atoms with Crippen molar-refractivity contribution in [3.63, 3.8) is 0 Å². The van der Waals surface area contributed by atoms with E-state index in [1.807, 2.05) is 0 Å². The summed E-state index contributed by atoms with van der Waals surface area (Å²) >= 11 is 0. The van der Waals surface area contributed by atoms with Crippen LogP contribution in [-0.4, -0.2) is 59.8 Å². The Hall–Kier alpha value is -1.59. The van der Waals surface area contributed by atoms with E-state index in [-0.39, 0.29) is 5.41 Å². The number of nitrogens with zero attached hydrogens (tertiary/aromatic N) is 2. The summed E-state index contributed by atoms with van der Waals surface area (Å²) in [6.07, 6.45) is 2.47. The summed E-state index contributed by atoms with van der Waals surface area (Å²) in [5.74, 6) is 1.12. The van der Waals surface area contributed by atoms with Gasteiger partial charge in [-0.1, -0.05) is 58.9 Å². The second-order valence-corrected chi connectivity index (χ2v) is 11.5. The van der Waals surface area contributed by atoms with Gasteiger partial charge in [0.05, 0.1) is 0 Å². The highest BCUT2D eigenvalue weighted by Crippen LogP contribution is 2.62. The molecule has 0 bridgehead atoms. The summed E-state index contributed by atoms with van der Waals surface area (Å²) in [7, 11) is 0. The first kappa shape index (κ1) is 22.6. The van der Waals surface area contributed by atoms with Crippen molar-refractivity contribution in [2.24, 2.45) is 16.7 Å². The maximum absolute atomic E-state index is 11.5. The zero-order valence-corrected chi connectivity index (χ0v) is 20.0. The number of rotatable bonds is 3. The molecule has 2 aliphatic heterocycles. The standard InChI is InChI=1S/C26H41N3O2/c1-18(2)19-8-6-7-9-20(19)22-17-27-12-15-29(22)21-16-26(23(21)25(3,4)5)10-13-28(14-11-26)24(30)31/h6-9,18,21-23,27H,10-17H2,1-5H3,(H,30,31). The fourth-order valence-electron chi connectivity index (χ4n) is 7.12. The molecule has 31 heavy (non-hydrogen) atoms. The van der Waals surface area contributed by atoms with E-state index in [4.69, 9.17) is 0 Å². The summed E-state index contributed by atoms with van der Waals surface area (Å²) in [4.78, 5) is 15.9. The van der Waals surface area contributed by atoms with Gasteiger partial charge in [0, 0.05) is 44.8 Å². The third-order valence-corrected chi connectivity index (χ3v) is 8.31. The molecule has 2 heterocycles. The van der Waals surface area contributed by atoms with Gasteiger partial charge < -0.3 is 15.3 Å². The molecule has 5 heteroatoms.